The largest absolute Gasteiger partial charge is 0.460 e. The van der Waals surface area contributed by atoms with Crippen LogP contribution in [0, 0.1) is 17.0 Å². The predicted molar refractivity (Wildman–Crippen MR) is 135 cm³/mol. The number of furan rings is 1. The molecule has 2 aromatic carbocycles. The highest BCUT2D eigenvalue weighted by Crippen LogP contribution is 2.33. The maximum absolute atomic E-state index is 13.6. The third-order valence-corrected chi connectivity index (χ3v) is 6.90. The fourth-order valence-electron chi connectivity index (χ4n) is 5.03. The minimum absolute atomic E-state index is 0.0238. The van der Waals surface area contributed by atoms with Crippen LogP contribution in [0.3, 0.4) is 0 Å². The van der Waals surface area contributed by atoms with Crippen LogP contribution in [0.5, 0.6) is 11.5 Å². The minimum Gasteiger partial charge on any atom is -0.460 e. The molecule has 0 bridgehead atoms. The lowest BCUT2D eigenvalue weighted by Crippen LogP contribution is -2.48. The zero-order valence-electron chi connectivity index (χ0n) is 20.4. The molecule has 0 unspecified atom stereocenters. The molecule has 2 aliphatic rings. The molecule has 10 nitrogen and oxygen atoms in total. The molecule has 0 radical (unpaired) electrons. The van der Waals surface area contributed by atoms with Crippen molar-refractivity contribution in [2.75, 3.05) is 33.0 Å². The van der Waals surface area contributed by atoms with Gasteiger partial charge in [-0.2, -0.15) is 0 Å². The van der Waals surface area contributed by atoms with Gasteiger partial charge >= 0.3 is 0 Å². The summed E-state index contributed by atoms with van der Waals surface area (Å²) in [4.78, 5) is 28.7. The van der Waals surface area contributed by atoms with Gasteiger partial charge in [-0.1, -0.05) is 18.2 Å². The van der Waals surface area contributed by atoms with E-state index in [0.29, 0.717) is 30.9 Å². The van der Waals surface area contributed by atoms with Gasteiger partial charge in [0.05, 0.1) is 10.4 Å². The molecular weight excluding hydrogens is 476 g/mol. The average Bonchev–Trinajstić information content (AvgIpc) is 3.59. The minimum atomic E-state index is -0.411. The number of hydrogen-bond acceptors (Lipinski definition) is 7. The number of carbonyl (C=O) groups excluding carboxylic acids is 1. The Morgan fingerprint density at radius 1 is 0.946 bits per heavy atom. The lowest BCUT2D eigenvalue weighted by atomic mass is 10.1. The lowest BCUT2D eigenvalue weighted by molar-refractivity contribution is -0.384. The predicted octanol–water partition coefficient (Wildman–Crippen LogP) is 4.19. The first-order valence-corrected chi connectivity index (χ1v) is 12.2. The number of non-ortho nitro benzene ring substituents is 1. The fourth-order valence-corrected chi connectivity index (χ4v) is 5.03. The van der Waals surface area contributed by atoms with Crippen molar-refractivity contribution < 1.29 is 23.6 Å². The quantitative estimate of drug-likeness (QED) is 0.288. The van der Waals surface area contributed by atoms with Gasteiger partial charge in [-0.3, -0.25) is 19.8 Å². The molecule has 0 saturated carbocycles. The van der Waals surface area contributed by atoms with Gasteiger partial charge in [-0.15, -0.1) is 0 Å². The zero-order valence-corrected chi connectivity index (χ0v) is 20.4. The maximum atomic E-state index is 13.6. The number of aromatic nitrogens is 1. The summed E-state index contributed by atoms with van der Waals surface area (Å²) in [6.45, 7) is 5.92. The van der Waals surface area contributed by atoms with Crippen molar-refractivity contribution in [3.05, 3.63) is 87.3 Å². The standard InChI is InChI=1S/C27H26N4O6/c1-18-11-22-25(37-18)14-23(30(22)16-19-3-2-4-21(12-19)31(33)34)27(32)29-9-7-28(8-10-29)15-20-5-6-24-26(13-20)36-17-35-24/h2-6,11-14H,7-10,15-17H2,1H3. The van der Waals surface area contributed by atoms with Crippen LogP contribution in [0.15, 0.2) is 59.0 Å². The van der Waals surface area contributed by atoms with Crippen LogP contribution in [0.4, 0.5) is 5.69 Å². The molecule has 6 rings (SSSR count). The summed E-state index contributed by atoms with van der Waals surface area (Å²) in [5.41, 5.74) is 3.86. The number of fused-ring (bicyclic) bond motifs is 2. The molecule has 0 spiro atoms. The first-order valence-electron chi connectivity index (χ1n) is 12.2. The molecule has 4 aromatic rings. The Bertz CT molecular complexity index is 1500. The van der Waals surface area contributed by atoms with Crippen molar-refractivity contribution in [2.45, 2.75) is 20.0 Å². The number of rotatable bonds is 6. The molecular formula is C27H26N4O6. The van der Waals surface area contributed by atoms with Crippen LogP contribution in [0.2, 0.25) is 0 Å². The van der Waals surface area contributed by atoms with Gasteiger partial charge in [0.1, 0.15) is 11.5 Å². The van der Waals surface area contributed by atoms with Crippen LogP contribution in [0.1, 0.15) is 27.4 Å². The maximum Gasteiger partial charge on any atom is 0.270 e. The van der Waals surface area contributed by atoms with E-state index in [1.807, 2.05) is 46.7 Å². The van der Waals surface area contributed by atoms with E-state index in [2.05, 4.69) is 4.90 Å². The number of carbonyl (C=O) groups is 1. The molecule has 0 N–H and O–H groups in total. The lowest BCUT2D eigenvalue weighted by Gasteiger charge is -2.35. The zero-order chi connectivity index (χ0) is 25.5. The summed E-state index contributed by atoms with van der Waals surface area (Å²) in [7, 11) is 0. The third kappa shape index (κ3) is 4.51. The van der Waals surface area contributed by atoms with Gasteiger partial charge in [0.2, 0.25) is 6.79 Å². The fraction of sp³-hybridized carbons (Fsp3) is 0.296. The summed E-state index contributed by atoms with van der Waals surface area (Å²) >= 11 is 0. The molecule has 10 heteroatoms. The highest BCUT2D eigenvalue weighted by atomic mass is 16.7. The third-order valence-electron chi connectivity index (χ3n) is 6.90. The Morgan fingerprint density at radius 2 is 1.73 bits per heavy atom. The van der Waals surface area contributed by atoms with Gasteiger partial charge < -0.3 is 23.4 Å². The number of nitro groups is 1. The van der Waals surface area contributed by atoms with Crippen LogP contribution < -0.4 is 9.47 Å². The van der Waals surface area contributed by atoms with E-state index >= 15 is 0 Å². The Hall–Kier alpha value is -4.31. The topological polar surface area (TPSA) is 103 Å². The Kier molecular flexibility index (Phi) is 5.80. The molecule has 0 atom stereocenters. The number of nitro benzene ring substituents is 1. The van der Waals surface area contributed by atoms with Crippen molar-refractivity contribution in [3.63, 3.8) is 0 Å². The monoisotopic (exact) mass is 502 g/mol. The van der Waals surface area contributed by atoms with Crippen LogP contribution in [-0.4, -0.2) is 58.2 Å². The highest BCUT2D eigenvalue weighted by molar-refractivity contribution is 5.97. The van der Waals surface area contributed by atoms with Crippen molar-refractivity contribution in [1.82, 2.24) is 14.4 Å². The van der Waals surface area contributed by atoms with E-state index < -0.39 is 4.92 Å². The molecule has 1 amide bonds. The van der Waals surface area contributed by atoms with Crippen molar-refractivity contribution in [2.24, 2.45) is 0 Å². The molecule has 1 fully saturated rings. The van der Waals surface area contributed by atoms with E-state index in [4.69, 9.17) is 13.9 Å². The number of benzene rings is 2. The van der Waals surface area contributed by atoms with Gasteiger partial charge in [0.25, 0.3) is 11.6 Å². The molecule has 2 aliphatic heterocycles. The summed E-state index contributed by atoms with van der Waals surface area (Å²) < 4.78 is 18.6. The second-order valence-corrected chi connectivity index (χ2v) is 9.41. The van der Waals surface area contributed by atoms with Crippen LogP contribution in [0.25, 0.3) is 11.1 Å². The smallest absolute Gasteiger partial charge is 0.270 e. The molecule has 2 aromatic heterocycles. The number of aryl methyl sites for hydroxylation is 1. The summed E-state index contributed by atoms with van der Waals surface area (Å²) in [6.07, 6.45) is 0. The average molecular weight is 503 g/mol. The SMILES string of the molecule is Cc1cc2c(cc(C(=O)N3CCN(Cc4ccc5c(c4)OCO5)CC3)n2Cc2cccc([N+](=O)[O-])c2)o1. The van der Waals surface area contributed by atoms with E-state index in [-0.39, 0.29) is 18.4 Å². The van der Waals surface area contributed by atoms with Gasteiger partial charge in [0, 0.05) is 63.5 Å². The normalized spacial score (nSPS) is 15.4. The molecule has 1 saturated heterocycles. The van der Waals surface area contributed by atoms with Gasteiger partial charge in [-0.25, -0.2) is 0 Å². The summed E-state index contributed by atoms with van der Waals surface area (Å²) in [6, 6.07) is 16.2. The molecule has 0 aliphatic carbocycles. The summed E-state index contributed by atoms with van der Waals surface area (Å²) in [5.74, 6) is 2.22. The first-order chi connectivity index (χ1) is 17.9. The Balaban J connectivity index is 1.18. The van der Waals surface area contributed by atoms with Crippen molar-refractivity contribution >= 4 is 22.7 Å². The number of hydrogen-bond donors (Lipinski definition) is 0. The Labute approximate surface area is 212 Å². The number of piperazine rings is 1. The van der Waals surface area contributed by atoms with E-state index in [9.17, 15) is 14.9 Å². The number of ether oxygens (including phenoxy) is 2. The number of amides is 1. The van der Waals surface area contributed by atoms with Crippen molar-refractivity contribution in [1.29, 1.82) is 0 Å². The Morgan fingerprint density at radius 3 is 2.54 bits per heavy atom. The second-order valence-electron chi connectivity index (χ2n) is 9.41. The van der Waals surface area contributed by atoms with E-state index in [1.54, 1.807) is 18.2 Å². The van der Waals surface area contributed by atoms with Gasteiger partial charge in [-0.05, 0) is 30.2 Å². The highest BCUT2D eigenvalue weighted by Gasteiger charge is 2.27. The van der Waals surface area contributed by atoms with E-state index in [1.165, 1.54) is 6.07 Å². The van der Waals surface area contributed by atoms with Crippen molar-refractivity contribution in [3.8, 4) is 11.5 Å². The van der Waals surface area contributed by atoms with E-state index in [0.717, 1.165) is 53.5 Å². The number of nitrogens with zero attached hydrogens (tertiary/aromatic N) is 4. The molecule has 190 valence electrons. The van der Waals surface area contributed by atoms with Crippen LogP contribution in [-0.2, 0) is 13.1 Å². The van der Waals surface area contributed by atoms with Crippen LogP contribution >= 0.6 is 0 Å². The molecule has 4 heterocycles. The molecule has 37 heavy (non-hydrogen) atoms. The first kappa shape index (κ1) is 23.1. The summed E-state index contributed by atoms with van der Waals surface area (Å²) in [5, 5.41) is 11.3. The second kappa shape index (κ2) is 9.29. The van der Waals surface area contributed by atoms with Gasteiger partial charge in [0.15, 0.2) is 17.1 Å².